The summed E-state index contributed by atoms with van der Waals surface area (Å²) < 4.78 is 102. The lowest BCUT2D eigenvalue weighted by atomic mass is 10.00. The van der Waals surface area contributed by atoms with Gasteiger partial charge >= 0.3 is 18.0 Å². The molecule has 13 heteroatoms. The number of hydrogen-bond acceptors (Lipinski definition) is 4. The van der Waals surface area contributed by atoms with Gasteiger partial charge in [-0.1, -0.05) is 6.07 Å². The number of hydrogen-bond donors (Lipinski definition) is 1. The third kappa shape index (κ3) is 3.59. The number of alkyl halides is 7. The molecule has 0 radical (unpaired) electrons. The second-order valence-electron chi connectivity index (χ2n) is 6.30. The number of aliphatic imine (C=N–C) groups is 1. The molecule has 2 aromatic rings. The molecule has 0 atom stereocenters. The van der Waals surface area contributed by atoms with Gasteiger partial charge < -0.3 is 5.32 Å². The van der Waals surface area contributed by atoms with Crippen LogP contribution in [0, 0.1) is 0 Å². The largest absolute Gasteiger partial charge is 0.459 e. The number of ketones is 1. The first-order valence-electron chi connectivity index (χ1n) is 8.04. The van der Waals surface area contributed by atoms with E-state index in [0.717, 1.165) is 12.3 Å². The molecule has 30 heavy (non-hydrogen) atoms. The average molecular weight is 439 g/mol. The molecular weight excluding hydrogens is 430 g/mol. The molecule has 1 aliphatic heterocycles. The quantitative estimate of drug-likeness (QED) is 0.719. The van der Waals surface area contributed by atoms with E-state index >= 15 is 0 Å². The third-order valence-corrected chi connectivity index (χ3v) is 4.21. The van der Waals surface area contributed by atoms with E-state index in [1.807, 2.05) is 0 Å². The van der Waals surface area contributed by atoms with Crippen molar-refractivity contribution in [3.8, 4) is 0 Å². The minimum absolute atomic E-state index is 0.00110. The molecule has 2 heterocycles. The molecule has 0 fully saturated rings. The topological polar surface area (TPSA) is 71.4 Å². The second-order valence-corrected chi connectivity index (χ2v) is 6.30. The second kappa shape index (κ2) is 6.99. The van der Waals surface area contributed by atoms with Crippen molar-refractivity contribution in [3.63, 3.8) is 0 Å². The number of pyridine rings is 1. The molecule has 1 amide bonds. The van der Waals surface area contributed by atoms with Crippen LogP contribution >= 0.6 is 0 Å². The average Bonchev–Trinajstić information content (AvgIpc) is 2.64. The fourth-order valence-electron chi connectivity index (χ4n) is 2.65. The molecule has 0 aliphatic carbocycles. The number of amides is 1. The third-order valence-electron chi connectivity index (χ3n) is 4.21. The first kappa shape index (κ1) is 21.6. The number of nitrogens with zero attached hydrogens (tertiary/aromatic N) is 2. The summed E-state index contributed by atoms with van der Waals surface area (Å²) >= 11 is 0. The molecule has 1 aliphatic rings. The summed E-state index contributed by atoms with van der Waals surface area (Å²) in [4.78, 5) is 31.2. The van der Waals surface area contributed by atoms with Gasteiger partial charge in [0.1, 0.15) is 5.69 Å². The molecule has 1 N–H and O–H groups in total. The molecule has 1 aromatic carbocycles. The van der Waals surface area contributed by atoms with Gasteiger partial charge in [-0.3, -0.25) is 14.6 Å². The normalized spacial score (nSPS) is 15.1. The lowest BCUT2D eigenvalue weighted by Crippen LogP contribution is -2.56. The molecule has 0 spiro atoms. The Morgan fingerprint density at radius 2 is 1.77 bits per heavy atom. The number of fused-ring (bicyclic) bond motifs is 3. The van der Waals surface area contributed by atoms with Crippen LogP contribution < -0.4 is 5.32 Å². The summed E-state index contributed by atoms with van der Waals surface area (Å²) in [5.74, 6) is -14.9. The van der Waals surface area contributed by atoms with Crippen molar-refractivity contribution in [2.75, 3.05) is 6.54 Å². The van der Waals surface area contributed by atoms with Crippen LogP contribution in [0.3, 0.4) is 0 Å². The summed E-state index contributed by atoms with van der Waals surface area (Å²) in [6.07, 6.45) is -6.25. The minimum atomic E-state index is -6.52. The highest BCUT2D eigenvalue weighted by atomic mass is 19.4. The fourth-order valence-corrected chi connectivity index (χ4v) is 2.65. The molecule has 160 valence electrons. The molecule has 3 rings (SSSR count). The lowest BCUT2D eigenvalue weighted by molar-refractivity contribution is -0.352. The molecular formula is C17H9F8N3O2. The van der Waals surface area contributed by atoms with Crippen LogP contribution in [0.2, 0.25) is 0 Å². The van der Waals surface area contributed by atoms with Gasteiger partial charge in [-0.05, 0) is 12.1 Å². The summed E-state index contributed by atoms with van der Waals surface area (Å²) in [7, 11) is 0. The lowest BCUT2D eigenvalue weighted by Gasteiger charge is -2.28. The number of aromatic nitrogens is 1. The highest BCUT2D eigenvalue weighted by molar-refractivity contribution is 6.17. The Kier molecular flexibility index (Phi) is 5.03. The van der Waals surface area contributed by atoms with Gasteiger partial charge in [0.25, 0.3) is 5.91 Å². The van der Waals surface area contributed by atoms with Crippen LogP contribution in [0.25, 0.3) is 10.9 Å². The highest BCUT2D eigenvalue weighted by Crippen LogP contribution is 2.46. The van der Waals surface area contributed by atoms with Crippen molar-refractivity contribution in [2.45, 2.75) is 24.4 Å². The van der Waals surface area contributed by atoms with Gasteiger partial charge in [0.2, 0.25) is 0 Å². The monoisotopic (exact) mass is 439 g/mol. The van der Waals surface area contributed by atoms with Gasteiger partial charge in [0, 0.05) is 17.1 Å². The van der Waals surface area contributed by atoms with Crippen molar-refractivity contribution in [1.82, 2.24) is 10.3 Å². The smallest absolute Gasteiger partial charge is 0.346 e. The number of carbonyl (C=O) groups is 2. The van der Waals surface area contributed by atoms with E-state index in [0.29, 0.717) is 0 Å². The Morgan fingerprint density at radius 3 is 2.40 bits per heavy atom. The Bertz CT molecular complexity index is 1080. The van der Waals surface area contributed by atoms with Crippen LogP contribution in [0.1, 0.15) is 27.1 Å². The number of nitrogens with one attached hydrogen (secondary N) is 1. The van der Waals surface area contributed by atoms with E-state index in [1.54, 1.807) is 0 Å². The number of Topliss-reactive ketones (excluding diaryl/α,β-unsaturated/α-hetero) is 1. The van der Waals surface area contributed by atoms with Crippen LogP contribution in [0.5, 0.6) is 0 Å². The standard InChI is InChI=1S/C17H9F8N3O2/c18-11-4-10(29)9-2-1-7-3-8(5-26-12(7)13(9)28-11)14(30)27-6-15(19,20)16(21,22)17(23,24)25/h1-3,5H,4,6H2,(H,27,30). The molecule has 0 bridgehead atoms. The van der Waals surface area contributed by atoms with Gasteiger partial charge in [0.05, 0.1) is 24.0 Å². The van der Waals surface area contributed by atoms with Gasteiger partial charge in [-0.25, -0.2) is 4.99 Å². The fraction of sp³-hybridized carbons (Fsp3) is 0.294. The molecule has 0 saturated heterocycles. The maximum Gasteiger partial charge on any atom is 0.459 e. The predicted octanol–water partition coefficient (Wildman–Crippen LogP) is 4.38. The Hall–Kier alpha value is -3.12. The van der Waals surface area contributed by atoms with Crippen LogP contribution in [0.4, 0.5) is 40.8 Å². The van der Waals surface area contributed by atoms with Crippen molar-refractivity contribution < 1.29 is 44.7 Å². The molecule has 5 nitrogen and oxygen atoms in total. The summed E-state index contributed by atoms with van der Waals surface area (Å²) in [6, 6.07) is 3.63. The maximum atomic E-state index is 13.5. The number of benzene rings is 1. The summed E-state index contributed by atoms with van der Waals surface area (Å²) in [5.41, 5.74) is -0.478. The summed E-state index contributed by atoms with van der Waals surface area (Å²) in [5, 5.41) is 1.43. The van der Waals surface area contributed by atoms with Gasteiger partial charge in [0.15, 0.2) is 11.7 Å². The zero-order chi connectivity index (χ0) is 22.5. The maximum absolute atomic E-state index is 13.5. The minimum Gasteiger partial charge on any atom is -0.346 e. The highest BCUT2D eigenvalue weighted by Gasteiger charge is 2.72. The van der Waals surface area contributed by atoms with E-state index in [-0.39, 0.29) is 22.2 Å². The molecule has 0 saturated carbocycles. The van der Waals surface area contributed by atoms with Crippen molar-refractivity contribution in [2.24, 2.45) is 4.99 Å². The van der Waals surface area contributed by atoms with Crippen molar-refractivity contribution in [3.05, 3.63) is 35.5 Å². The predicted molar refractivity (Wildman–Crippen MR) is 87.2 cm³/mol. The zero-order valence-corrected chi connectivity index (χ0v) is 14.5. The Labute approximate surface area is 161 Å². The Morgan fingerprint density at radius 1 is 1.10 bits per heavy atom. The number of halogens is 8. The number of carbonyl (C=O) groups excluding carboxylic acids is 2. The van der Waals surface area contributed by atoms with Crippen molar-refractivity contribution in [1.29, 1.82) is 0 Å². The van der Waals surface area contributed by atoms with Crippen LogP contribution in [-0.4, -0.2) is 47.2 Å². The molecule has 0 unspecified atom stereocenters. The van der Waals surface area contributed by atoms with Crippen LogP contribution in [0.15, 0.2) is 29.4 Å². The summed E-state index contributed by atoms with van der Waals surface area (Å²) in [6.45, 7) is -2.29. The Balaban J connectivity index is 1.85. The van der Waals surface area contributed by atoms with E-state index in [9.17, 15) is 44.7 Å². The van der Waals surface area contributed by atoms with Gasteiger partial charge in [-0.15, -0.1) is 0 Å². The van der Waals surface area contributed by atoms with Gasteiger partial charge in [-0.2, -0.15) is 35.1 Å². The van der Waals surface area contributed by atoms with E-state index in [1.165, 1.54) is 17.4 Å². The van der Waals surface area contributed by atoms with E-state index < -0.39 is 54.2 Å². The van der Waals surface area contributed by atoms with Crippen LogP contribution in [-0.2, 0) is 0 Å². The van der Waals surface area contributed by atoms with E-state index in [2.05, 4.69) is 9.98 Å². The number of rotatable bonds is 4. The first-order chi connectivity index (χ1) is 13.7. The van der Waals surface area contributed by atoms with Crippen molar-refractivity contribution >= 4 is 34.2 Å². The zero-order valence-electron chi connectivity index (χ0n) is 14.5. The first-order valence-corrected chi connectivity index (χ1v) is 8.04. The van der Waals surface area contributed by atoms with E-state index in [4.69, 9.17) is 0 Å². The SMILES string of the molecule is O=C(NCC(F)(F)C(F)(F)C(F)(F)F)c1cnc2c3c(ccc2c1)C(=O)CC(F)=N3. The molecule has 1 aromatic heterocycles.